The van der Waals surface area contributed by atoms with Crippen LogP contribution in [0.5, 0.6) is 0 Å². The van der Waals surface area contributed by atoms with Crippen LogP contribution in [-0.2, 0) is 0 Å². The van der Waals surface area contributed by atoms with Gasteiger partial charge < -0.3 is 16.4 Å². The number of hydrogen-bond donors (Lipinski definition) is 4. The fourth-order valence-electron chi connectivity index (χ4n) is 2.26. The zero-order valence-corrected chi connectivity index (χ0v) is 13.9. The first-order valence-electron chi connectivity index (χ1n) is 6.68. The average Bonchev–Trinajstić information content (AvgIpc) is 2.47. The maximum absolute atomic E-state index is 8.05. The van der Waals surface area contributed by atoms with Crippen LogP contribution in [0.1, 0.15) is 0 Å². The van der Waals surface area contributed by atoms with Crippen molar-refractivity contribution in [1.82, 2.24) is 0 Å². The number of nitrogens with two attached hydrogens (primary N) is 1. The van der Waals surface area contributed by atoms with Gasteiger partial charge in [-0.25, -0.2) is 0 Å². The molecule has 0 saturated heterocycles. The first-order valence-corrected chi connectivity index (χ1v) is 6.68. The number of fused-ring (bicyclic) bond motifs is 1. The quantitative estimate of drug-likeness (QED) is 0.307. The molecule has 3 aromatic carbocycles. The minimum atomic E-state index is 0. The zero-order chi connectivity index (χ0) is 14.7. The second kappa shape index (κ2) is 8.27. The summed E-state index contributed by atoms with van der Waals surface area (Å²) < 4.78 is 0. The van der Waals surface area contributed by atoms with E-state index in [0.717, 1.165) is 22.1 Å². The summed E-state index contributed by atoms with van der Waals surface area (Å²) in [5, 5.41) is 16.3. The normalized spacial score (nSPS) is 9.39. The lowest BCUT2D eigenvalue weighted by Crippen LogP contribution is -2.20. The van der Waals surface area contributed by atoms with Gasteiger partial charge in [-0.05, 0) is 29.7 Å². The summed E-state index contributed by atoms with van der Waals surface area (Å²) in [6.07, 6.45) is 0. The van der Waals surface area contributed by atoms with Crippen molar-refractivity contribution in [3.8, 4) is 0 Å². The molecular formula is C17H18Cl2N4. The van der Waals surface area contributed by atoms with Crippen LogP contribution in [0.2, 0.25) is 0 Å². The number of anilines is 3. The molecule has 0 aliphatic rings. The summed E-state index contributed by atoms with van der Waals surface area (Å²) in [6.45, 7) is 0. The molecule has 6 heteroatoms. The van der Waals surface area contributed by atoms with E-state index in [4.69, 9.17) is 11.1 Å². The highest BCUT2D eigenvalue weighted by molar-refractivity contribution is 6.07. The predicted octanol–water partition coefficient (Wildman–Crippen LogP) is 4.72. The lowest BCUT2D eigenvalue weighted by molar-refractivity contribution is 1.44. The van der Waals surface area contributed by atoms with Crippen molar-refractivity contribution in [3.63, 3.8) is 0 Å². The van der Waals surface area contributed by atoms with Gasteiger partial charge >= 0.3 is 0 Å². The molecule has 0 bridgehead atoms. The van der Waals surface area contributed by atoms with Crippen LogP contribution >= 0.6 is 24.8 Å². The molecule has 5 N–H and O–H groups in total. The Labute approximate surface area is 147 Å². The summed E-state index contributed by atoms with van der Waals surface area (Å²) in [5.41, 5.74) is 8.08. The molecule has 0 heterocycles. The van der Waals surface area contributed by atoms with E-state index in [2.05, 4.69) is 22.8 Å². The molecule has 0 atom stereocenters. The molecule has 23 heavy (non-hydrogen) atoms. The molecule has 0 aliphatic carbocycles. The van der Waals surface area contributed by atoms with Gasteiger partial charge in [0, 0.05) is 22.4 Å². The van der Waals surface area contributed by atoms with Gasteiger partial charge in [0.2, 0.25) is 0 Å². The maximum Gasteiger partial charge on any atom is 0.197 e. The Bertz CT molecular complexity index is 800. The van der Waals surface area contributed by atoms with E-state index in [1.807, 2.05) is 48.5 Å². The second-order valence-corrected chi connectivity index (χ2v) is 4.78. The standard InChI is InChI=1S/C17H16N4.2ClH/c18-13-7-4-8-14(11-13)20-17(19)21-16-10-3-6-12-5-1-2-9-15(12)16;;/h1-11H,18H2,(H3,19,20,21);2*1H. The number of hydrogen-bond acceptors (Lipinski definition) is 2. The van der Waals surface area contributed by atoms with Crippen molar-refractivity contribution >= 4 is 58.6 Å². The van der Waals surface area contributed by atoms with E-state index < -0.39 is 0 Å². The Morgan fingerprint density at radius 2 is 1.52 bits per heavy atom. The Morgan fingerprint density at radius 3 is 2.30 bits per heavy atom. The van der Waals surface area contributed by atoms with Gasteiger partial charge in [-0.2, -0.15) is 0 Å². The van der Waals surface area contributed by atoms with E-state index in [-0.39, 0.29) is 30.8 Å². The molecule has 0 unspecified atom stereocenters. The first kappa shape index (κ1) is 18.6. The molecule has 0 aliphatic heterocycles. The molecule has 0 amide bonds. The molecular weight excluding hydrogens is 331 g/mol. The monoisotopic (exact) mass is 348 g/mol. The van der Waals surface area contributed by atoms with E-state index in [1.165, 1.54) is 0 Å². The van der Waals surface area contributed by atoms with Crippen molar-refractivity contribution in [1.29, 1.82) is 5.41 Å². The Hall–Kier alpha value is -2.43. The minimum Gasteiger partial charge on any atom is -0.399 e. The van der Waals surface area contributed by atoms with Gasteiger partial charge in [0.15, 0.2) is 5.96 Å². The molecule has 3 rings (SSSR count). The van der Waals surface area contributed by atoms with Crippen molar-refractivity contribution in [2.24, 2.45) is 0 Å². The molecule has 0 saturated carbocycles. The van der Waals surface area contributed by atoms with E-state index in [9.17, 15) is 0 Å². The van der Waals surface area contributed by atoms with Gasteiger partial charge in [-0.3, -0.25) is 5.41 Å². The minimum absolute atomic E-state index is 0. The van der Waals surface area contributed by atoms with Gasteiger partial charge in [0.25, 0.3) is 0 Å². The lowest BCUT2D eigenvalue weighted by atomic mass is 10.1. The SMILES string of the molecule is Cl.Cl.N=C(Nc1cccc(N)c1)Nc1cccc2ccccc12. The highest BCUT2D eigenvalue weighted by atomic mass is 35.5. The maximum atomic E-state index is 8.05. The fraction of sp³-hybridized carbons (Fsp3) is 0. The zero-order valence-electron chi connectivity index (χ0n) is 12.2. The van der Waals surface area contributed by atoms with Gasteiger partial charge in [-0.1, -0.05) is 42.5 Å². The van der Waals surface area contributed by atoms with Gasteiger partial charge in [-0.15, -0.1) is 24.8 Å². The number of nitrogens with one attached hydrogen (secondary N) is 3. The van der Waals surface area contributed by atoms with E-state index >= 15 is 0 Å². The summed E-state index contributed by atoms with van der Waals surface area (Å²) >= 11 is 0. The van der Waals surface area contributed by atoms with Crippen LogP contribution < -0.4 is 16.4 Å². The van der Waals surface area contributed by atoms with Crippen LogP contribution in [0.4, 0.5) is 17.1 Å². The Morgan fingerprint density at radius 1 is 0.826 bits per heavy atom. The fourth-order valence-corrected chi connectivity index (χ4v) is 2.26. The molecule has 0 aromatic heterocycles. The summed E-state index contributed by atoms with van der Waals surface area (Å²) in [4.78, 5) is 0. The molecule has 0 radical (unpaired) electrons. The van der Waals surface area contributed by atoms with Gasteiger partial charge in [0.1, 0.15) is 0 Å². The predicted molar refractivity (Wildman–Crippen MR) is 104 cm³/mol. The van der Waals surface area contributed by atoms with Crippen molar-refractivity contribution in [2.45, 2.75) is 0 Å². The van der Waals surface area contributed by atoms with Crippen molar-refractivity contribution < 1.29 is 0 Å². The van der Waals surface area contributed by atoms with Gasteiger partial charge in [0.05, 0.1) is 0 Å². The second-order valence-electron chi connectivity index (χ2n) is 4.78. The van der Waals surface area contributed by atoms with Crippen LogP contribution in [0.3, 0.4) is 0 Å². The molecule has 4 nitrogen and oxygen atoms in total. The molecule has 0 fully saturated rings. The van der Waals surface area contributed by atoms with Crippen LogP contribution in [-0.4, -0.2) is 5.96 Å². The lowest BCUT2D eigenvalue weighted by Gasteiger charge is -2.12. The third kappa shape index (κ3) is 4.52. The van der Waals surface area contributed by atoms with Crippen molar-refractivity contribution in [3.05, 3.63) is 66.7 Å². The molecule has 0 spiro atoms. The van der Waals surface area contributed by atoms with Crippen LogP contribution in [0.25, 0.3) is 10.8 Å². The van der Waals surface area contributed by atoms with Crippen LogP contribution in [0.15, 0.2) is 66.7 Å². The topological polar surface area (TPSA) is 73.9 Å². The third-order valence-electron chi connectivity index (χ3n) is 3.21. The number of benzene rings is 3. The largest absolute Gasteiger partial charge is 0.399 e. The summed E-state index contributed by atoms with van der Waals surface area (Å²) in [6, 6.07) is 21.4. The highest BCUT2D eigenvalue weighted by Gasteiger charge is 2.03. The number of halogens is 2. The van der Waals surface area contributed by atoms with Crippen molar-refractivity contribution in [2.75, 3.05) is 16.4 Å². The highest BCUT2D eigenvalue weighted by Crippen LogP contribution is 2.23. The smallest absolute Gasteiger partial charge is 0.197 e. The Kier molecular flexibility index (Phi) is 6.69. The number of guanidine groups is 1. The van der Waals surface area contributed by atoms with E-state index in [0.29, 0.717) is 5.69 Å². The summed E-state index contributed by atoms with van der Waals surface area (Å²) in [7, 11) is 0. The summed E-state index contributed by atoms with van der Waals surface area (Å²) in [5.74, 6) is 0.206. The average molecular weight is 349 g/mol. The number of rotatable bonds is 2. The number of nitrogen functional groups attached to an aromatic ring is 1. The third-order valence-corrected chi connectivity index (χ3v) is 3.21. The first-order chi connectivity index (χ1) is 10.2. The molecule has 3 aromatic rings. The molecule has 120 valence electrons. The van der Waals surface area contributed by atoms with Crippen LogP contribution in [0, 0.1) is 5.41 Å². The van der Waals surface area contributed by atoms with E-state index in [1.54, 1.807) is 6.07 Å². The Balaban J connectivity index is 0.00000132.